The van der Waals surface area contributed by atoms with Crippen LogP contribution in [0.3, 0.4) is 0 Å². The Bertz CT molecular complexity index is 359. The van der Waals surface area contributed by atoms with Crippen LogP contribution in [0.2, 0.25) is 0 Å². The molecule has 1 aromatic heterocycles. The lowest BCUT2D eigenvalue weighted by atomic mass is 10.4. The van der Waals surface area contributed by atoms with Gasteiger partial charge in [-0.2, -0.15) is 0 Å². The summed E-state index contributed by atoms with van der Waals surface area (Å²) < 4.78 is 22.3. The van der Waals surface area contributed by atoms with Gasteiger partial charge in [-0.25, -0.2) is 8.42 Å². The zero-order valence-electron chi connectivity index (χ0n) is 8.77. The summed E-state index contributed by atoms with van der Waals surface area (Å²) in [6, 6.07) is 0. The maximum Gasteiger partial charge on any atom is 0.150 e. The van der Waals surface area contributed by atoms with E-state index in [1.165, 1.54) is 4.88 Å². The molecule has 0 spiro atoms. The van der Waals surface area contributed by atoms with Gasteiger partial charge in [-0.1, -0.05) is 6.92 Å². The number of thiazole rings is 1. The van der Waals surface area contributed by atoms with Crippen molar-refractivity contribution in [2.24, 2.45) is 0 Å². The zero-order chi connectivity index (χ0) is 11.1. The maximum atomic E-state index is 11.2. The average Bonchev–Trinajstić information content (AvgIpc) is 2.70. The fourth-order valence-electron chi connectivity index (χ4n) is 1.10. The Morgan fingerprint density at radius 3 is 2.93 bits per heavy atom. The molecule has 0 aliphatic carbocycles. The molecule has 86 valence electrons. The van der Waals surface area contributed by atoms with Crippen molar-refractivity contribution in [2.45, 2.75) is 19.9 Å². The predicted octanol–water partition coefficient (Wildman–Crippen LogP) is 1.06. The van der Waals surface area contributed by atoms with Gasteiger partial charge in [-0.3, -0.25) is 4.98 Å². The topological polar surface area (TPSA) is 59.1 Å². The molecule has 0 atom stereocenters. The molecule has 0 aromatic carbocycles. The van der Waals surface area contributed by atoms with Crippen LogP contribution in [-0.4, -0.2) is 31.5 Å². The van der Waals surface area contributed by atoms with Crippen molar-refractivity contribution in [3.8, 4) is 0 Å². The molecule has 0 aliphatic heterocycles. The van der Waals surface area contributed by atoms with E-state index in [4.69, 9.17) is 0 Å². The van der Waals surface area contributed by atoms with E-state index < -0.39 is 9.84 Å². The summed E-state index contributed by atoms with van der Waals surface area (Å²) in [6.45, 7) is 3.19. The van der Waals surface area contributed by atoms with Gasteiger partial charge >= 0.3 is 0 Å². The summed E-state index contributed by atoms with van der Waals surface area (Å²) in [6.07, 6.45) is 2.50. The second-order valence-electron chi connectivity index (χ2n) is 3.23. The normalized spacial score (nSPS) is 11.8. The lowest BCUT2D eigenvalue weighted by molar-refractivity contribution is 0.590. The molecule has 0 saturated heterocycles. The maximum absolute atomic E-state index is 11.2. The van der Waals surface area contributed by atoms with E-state index in [1.54, 1.807) is 23.8 Å². The standard InChI is InChI=1S/C9H16N2O2S2/c1-2-15(12,13)5-3-4-10-6-9-7-11-8-14-9/h7-8,10H,2-6H2,1H3. The van der Waals surface area contributed by atoms with Crippen LogP contribution in [-0.2, 0) is 16.4 Å². The first-order valence-electron chi connectivity index (χ1n) is 4.92. The van der Waals surface area contributed by atoms with Crippen molar-refractivity contribution in [2.75, 3.05) is 18.1 Å². The number of sulfone groups is 1. The monoisotopic (exact) mass is 248 g/mol. The Labute approximate surface area is 94.7 Å². The fourth-order valence-corrected chi connectivity index (χ4v) is 2.54. The molecule has 1 aromatic rings. The third kappa shape index (κ3) is 5.25. The number of hydrogen-bond donors (Lipinski definition) is 1. The highest BCUT2D eigenvalue weighted by Gasteiger charge is 2.05. The van der Waals surface area contributed by atoms with Gasteiger partial charge in [0, 0.05) is 23.4 Å². The number of nitrogens with one attached hydrogen (secondary N) is 1. The van der Waals surface area contributed by atoms with Crippen LogP contribution in [0.4, 0.5) is 0 Å². The van der Waals surface area contributed by atoms with Crippen LogP contribution < -0.4 is 5.32 Å². The van der Waals surface area contributed by atoms with Gasteiger partial charge in [-0.15, -0.1) is 11.3 Å². The summed E-state index contributed by atoms with van der Waals surface area (Å²) in [7, 11) is -2.80. The third-order valence-corrected chi connectivity index (χ3v) is 4.60. The van der Waals surface area contributed by atoms with Crippen molar-refractivity contribution >= 4 is 21.2 Å². The Morgan fingerprint density at radius 2 is 2.33 bits per heavy atom. The highest BCUT2D eigenvalue weighted by Crippen LogP contribution is 2.03. The van der Waals surface area contributed by atoms with E-state index in [1.807, 2.05) is 6.20 Å². The van der Waals surface area contributed by atoms with Crippen molar-refractivity contribution in [1.29, 1.82) is 0 Å². The minimum absolute atomic E-state index is 0.238. The predicted molar refractivity (Wildman–Crippen MR) is 62.8 cm³/mol. The molecule has 0 bridgehead atoms. The molecule has 1 heterocycles. The number of hydrogen-bond acceptors (Lipinski definition) is 5. The zero-order valence-corrected chi connectivity index (χ0v) is 10.4. The summed E-state index contributed by atoms with van der Waals surface area (Å²) >= 11 is 1.60. The summed E-state index contributed by atoms with van der Waals surface area (Å²) in [5.41, 5.74) is 1.79. The van der Waals surface area contributed by atoms with E-state index in [2.05, 4.69) is 10.3 Å². The van der Waals surface area contributed by atoms with Gasteiger partial charge in [0.1, 0.15) is 9.84 Å². The molecule has 4 nitrogen and oxygen atoms in total. The van der Waals surface area contributed by atoms with Gasteiger partial charge in [0.25, 0.3) is 0 Å². The highest BCUT2D eigenvalue weighted by molar-refractivity contribution is 7.91. The van der Waals surface area contributed by atoms with Crippen LogP contribution >= 0.6 is 11.3 Å². The first-order chi connectivity index (χ1) is 7.14. The van der Waals surface area contributed by atoms with Crippen molar-refractivity contribution in [3.05, 3.63) is 16.6 Å². The molecule has 1 N–H and O–H groups in total. The Kier molecular flexibility index (Phi) is 5.21. The van der Waals surface area contributed by atoms with Crippen molar-refractivity contribution in [3.63, 3.8) is 0 Å². The van der Waals surface area contributed by atoms with E-state index in [-0.39, 0.29) is 11.5 Å². The third-order valence-electron chi connectivity index (χ3n) is 2.03. The Hall–Kier alpha value is -0.460. The molecule has 0 amide bonds. The lowest BCUT2D eigenvalue weighted by Crippen LogP contribution is -2.18. The van der Waals surface area contributed by atoms with Crippen LogP contribution in [0.5, 0.6) is 0 Å². The van der Waals surface area contributed by atoms with Gasteiger partial charge < -0.3 is 5.32 Å². The van der Waals surface area contributed by atoms with Crippen LogP contribution in [0.25, 0.3) is 0 Å². The second-order valence-corrected chi connectivity index (χ2v) is 6.68. The SMILES string of the molecule is CCS(=O)(=O)CCCNCc1cncs1. The van der Waals surface area contributed by atoms with Gasteiger partial charge in [0.2, 0.25) is 0 Å². The van der Waals surface area contributed by atoms with Crippen molar-refractivity contribution < 1.29 is 8.42 Å². The van der Waals surface area contributed by atoms with Crippen molar-refractivity contribution in [1.82, 2.24) is 10.3 Å². The second kappa shape index (κ2) is 6.19. The number of nitrogens with zero attached hydrogens (tertiary/aromatic N) is 1. The largest absolute Gasteiger partial charge is 0.312 e. The minimum atomic E-state index is -2.80. The molecule has 0 fully saturated rings. The number of rotatable bonds is 7. The molecule has 0 aliphatic rings. The van der Waals surface area contributed by atoms with E-state index in [9.17, 15) is 8.42 Å². The summed E-state index contributed by atoms with van der Waals surface area (Å²) in [5, 5.41) is 3.19. The van der Waals surface area contributed by atoms with Crippen LogP contribution in [0.15, 0.2) is 11.7 Å². The van der Waals surface area contributed by atoms with Crippen LogP contribution in [0.1, 0.15) is 18.2 Å². The van der Waals surface area contributed by atoms with Crippen LogP contribution in [0, 0.1) is 0 Å². The number of aromatic nitrogens is 1. The molecule has 15 heavy (non-hydrogen) atoms. The smallest absolute Gasteiger partial charge is 0.150 e. The average molecular weight is 248 g/mol. The first-order valence-corrected chi connectivity index (χ1v) is 7.62. The lowest BCUT2D eigenvalue weighted by Gasteiger charge is -2.02. The molecule has 0 radical (unpaired) electrons. The molecule has 1 rings (SSSR count). The van der Waals surface area contributed by atoms with Gasteiger partial charge in [0.05, 0.1) is 11.3 Å². The molecular formula is C9H16N2O2S2. The van der Waals surface area contributed by atoms with E-state index in [0.29, 0.717) is 6.42 Å². The minimum Gasteiger partial charge on any atom is -0.312 e. The van der Waals surface area contributed by atoms with Gasteiger partial charge in [-0.05, 0) is 13.0 Å². The highest BCUT2D eigenvalue weighted by atomic mass is 32.2. The Morgan fingerprint density at radius 1 is 1.53 bits per heavy atom. The molecule has 0 saturated carbocycles. The van der Waals surface area contributed by atoms with E-state index >= 15 is 0 Å². The fraction of sp³-hybridized carbons (Fsp3) is 0.667. The Balaban J connectivity index is 2.08. The summed E-state index contributed by atoms with van der Waals surface area (Å²) in [4.78, 5) is 5.13. The molecular weight excluding hydrogens is 232 g/mol. The molecule has 6 heteroatoms. The quantitative estimate of drug-likeness (QED) is 0.733. The first kappa shape index (κ1) is 12.6. The molecule has 0 unspecified atom stereocenters. The van der Waals surface area contributed by atoms with E-state index in [0.717, 1.165) is 13.1 Å². The summed E-state index contributed by atoms with van der Waals surface area (Å²) in [5.74, 6) is 0.515. The van der Waals surface area contributed by atoms with Gasteiger partial charge in [0.15, 0.2) is 0 Å².